The third kappa shape index (κ3) is 5.86. The first kappa shape index (κ1) is 38.3. The summed E-state index contributed by atoms with van der Waals surface area (Å²) in [4.78, 5) is 10.9. The fourth-order valence-electron chi connectivity index (χ4n) is 10.7. The Morgan fingerprint density at radius 1 is 0.460 bits per heavy atom. The Balaban J connectivity index is 1.13. The highest BCUT2D eigenvalue weighted by atomic mass is 14.9. The molecule has 2 aliphatic rings. The molecular formula is C61H46N2. The minimum Gasteiger partial charge on any atom is -0.228 e. The van der Waals surface area contributed by atoms with Crippen LogP contribution in [0.1, 0.15) is 54.2 Å². The van der Waals surface area contributed by atoms with Gasteiger partial charge in [0.15, 0.2) is 5.82 Å². The molecule has 0 aliphatic heterocycles. The van der Waals surface area contributed by atoms with E-state index in [1.165, 1.54) is 66.6 Å². The SMILES string of the molecule is C=CC1=C(/C=C\C)C(c2ccccc2)(c2ccccc2)c2cc(-c3cc(-c4ccccc4)nc(-c4ccc(-c5cccc6c5-c5ccccc5C6(C)C)c5ccccc45)n3)ccc21. The molecule has 0 bridgehead atoms. The third-order valence-electron chi connectivity index (χ3n) is 13.5. The predicted molar refractivity (Wildman–Crippen MR) is 264 cm³/mol. The third-order valence-corrected chi connectivity index (χ3v) is 13.5. The first-order chi connectivity index (χ1) is 30.9. The summed E-state index contributed by atoms with van der Waals surface area (Å²) in [6.07, 6.45) is 6.44. The molecule has 1 heterocycles. The minimum absolute atomic E-state index is 0.0865. The van der Waals surface area contributed by atoms with Gasteiger partial charge in [0.05, 0.1) is 16.8 Å². The highest BCUT2D eigenvalue weighted by Crippen LogP contribution is 2.56. The summed E-state index contributed by atoms with van der Waals surface area (Å²) in [7, 11) is 0. The molecule has 63 heavy (non-hydrogen) atoms. The summed E-state index contributed by atoms with van der Waals surface area (Å²) < 4.78 is 0. The van der Waals surface area contributed by atoms with E-state index in [9.17, 15) is 0 Å². The van der Waals surface area contributed by atoms with Crippen LogP contribution >= 0.6 is 0 Å². The van der Waals surface area contributed by atoms with E-state index in [0.717, 1.165) is 39.0 Å². The lowest BCUT2D eigenvalue weighted by Crippen LogP contribution is -2.29. The molecule has 0 fully saturated rings. The topological polar surface area (TPSA) is 25.8 Å². The van der Waals surface area contributed by atoms with Gasteiger partial charge in [-0.3, -0.25) is 0 Å². The summed E-state index contributed by atoms with van der Waals surface area (Å²) in [5.41, 5.74) is 19.1. The first-order valence-electron chi connectivity index (χ1n) is 21.9. The standard InChI is InChI=1S/C61H46N2/c1-5-21-53-44(6-2)48-35-34-41(38-55(48)61(53,42-24-12-8-13-25-42)43-26-14-9-15-27-43)57-39-56(40-22-10-7-11-23-40)62-59(63-57)50-37-36-47(45-28-16-17-29-46(45)50)49-31-20-33-54-58(49)51-30-18-19-32-52(51)60(54,3)4/h5-39H,2H2,1,3-4H3/b21-5-. The van der Waals surface area contributed by atoms with Gasteiger partial charge < -0.3 is 0 Å². The second-order valence-electron chi connectivity index (χ2n) is 17.2. The number of rotatable bonds is 8. The lowest BCUT2D eigenvalue weighted by atomic mass is 9.66. The Hall–Kier alpha value is -7.68. The summed E-state index contributed by atoms with van der Waals surface area (Å²) in [6.45, 7) is 11.2. The number of hydrogen-bond acceptors (Lipinski definition) is 2. The van der Waals surface area contributed by atoms with Crippen molar-refractivity contribution in [2.45, 2.75) is 31.6 Å². The number of nitrogens with zero attached hydrogens (tertiary/aromatic N) is 2. The van der Waals surface area contributed by atoms with Crippen LogP contribution in [0.4, 0.5) is 0 Å². The highest BCUT2D eigenvalue weighted by Gasteiger charge is 2.46. The maximum atomic E-state index is 5.51. The van der Waals surface area contributed by atoms with Gasteiger partial charge in [-0.2, -0.15) is 0 Å². The average molecular weight is 807 g/mol. The van der Waals surface area contributed by atoms with Crippen LogP contribution in [0.3, 0.4) is 0 Å². The van der Waals surface area contributed by atoms with Crippen LogP contribution in [0, 0.1) is 0 Å². The van der Waals surface area contributed by atoms with Crippen molar-refractivity contribution in [3.63, 3.8) is 0 Å². The molecule has 0 saturated heterocycles. The maximum Gasteiger partial charge on any atom is 0.161 e. The molecule has 0 spiro atoms. The highest BCUT2D eigenvalue weighted by molar-refractivity contribution is 6.07. The lowest BCUT2D eigenvalue weighted by Gasteiger charge is -2.35. The van der Waals surface area contributed by atoms with Crippen LogP contribution in [0.15, 0.2) is 225 Å². The predicted octanol–water partition coefficient (Wildman–Crippen LogP) is 15.5. The molecule has 0 unspecified atom stereocenters. The van der Waals surface area contributed by atoms with Crippen LogP contribution in [0.2, 0.25) is 0 Å². The van der Waals surface area contributed by atoms with Crippen molar-refractivity contribution in [2.75, 3.05) is 0 Å². The van der Waals surface area contributed by atoms with Gasteiger partial charge in [-0.05, 0) is 103 Å². The molecule has 300 valence electrons. The van der Waals surface area contributed by atoms with E-state index in [4.69, 9.17) is 9.97 Å². The van der Waals surface area contributed by atoms with Crippen LogP contribution in [-0.2, 0) is 10.8 Å². The van der Waals surface area contributed by atoms with Gasteiger partial charge in [0.2, 0.25) is 0 Å². The Morgan fingerprint density at radius 2 is 1.02 bits per heavy atom. The van der Waals surface area contributed by atoms with Gasteiger partial charge in [0.25, 0.3) is 0 Å². The van der Waals surface area contributed by atoms with E-state index in [-0.39, 0.29) is 5.41 Å². The van der Waals surface area contributed by atoms with E-state index in [1.54, 1.807) is 0 Å². The van der Waals surface area contributed by atoms with E-state index in [0.29, 0.717) is 5.82 Å². The Labute approximate surface area is 370 Å². The Morgan fingerprint density at radius 3 is 1.70 bits per heavy atom. The fourth-order valence-corrected chi connectivity index (χ4v) is 10.7. The Bertz CT molecular complexity index is 3280. The molecule has 2 heteroatoms. The monoisotopic (exact) mass is 806 g/mol. The van der Waals surface area contributed by atoms with Crippen molar-refractivity contribution < 1.29 is 0 Å². The molecule has 9 aromatic rings. The number of allylic oxidation sites excluding steroid dienone is 5. The van der Waals surface area contributed by atoms with Crippen molar-refractivity contribution in [3.8, 4) is 56.2 Å². The zero-order valence-corrected chi connectivity index (χ0v) is 35.8. The maximum absolute atomic E-state index is 5.51. The van der Waals surface area contributed by atoms with Gasteiger partial charge in [-0.1, -0.05) is 215 Å². The van der Waals surface area contributed by atoms with Crippen LogP contribution in [0.25, 0.3) is 72.5 Å². The van der Waals surface area contributed by atoms with Gasteiger partial charge >= 0.3 is 0 Å². The summed E-state index contributed by atoms with van der Waals surface area (Å²) in [5.74, 6) is 0.691. The molecule has 2 nitrogen and oxygen atoms in total. The number of aromatic nitrogens is 2. The van der Waals surface area contributed by atoms with Crippen molar-refractivity contribution in [1.29, 1.82) is 0 Å². The van der Waals surface area contributed by atoms with E-state index in [1.807, 2.05) is 6.08 Å². The molecule has 0 radical (unpaired) electrons. The van der Waals surface area contributed by atoms with Crippen molar-refractivity contribution in [3.05, 3.63) is 258 Å². The molecule has 0 amide bonds. The molecule has 0 atom stereocenters. The lowest BCUT2D eigenvalue weighted by molar-refractivity contribution is 0.660. The van der Waals surface area contributed by atoms with Crippen LogP contribution in [-0.4, -0.2) is 9.97 Å². The zero-order valence-electron chi connectivity index (χ0n) is 35.8. The number of hydrogen-bond donors (Lipinski definition) is 0. The van der Waals surface area contributed by atoms with Crippen molar-refractivity contribution >= 4 is 16.3 Å². The molecule has 1 aromatic heterocycles. The van der Waals surface area contributed by atoms with Crippen LogP contribution in [0.5, 0.6) is 0 Å². The summed E-state index contributed by atoms with van der Waals surface area (Å²) in [6, 6.07) is 70.3. The number of benzene rings is 8. The van der Waals surface area contributed by atoms with Crippen LogP contribution < -0.4 is 0 Å². The normalized spacial score (nSPS) is 14.5. The van der Waals surface area contributed by atoms with Crippen molar-refractivity contribution in [2.24, 2.45) is 0 Å². The molecular weight excluding hydrogens is 761 g/mol. The fraction of sp³-hybridized carbons (Fsp3) is 0.0820. The largest absolute Gasteiger partial charge is 0.228 e. The second kappa shape index (κ2) is 15.0. The Kier molecular flexibility index (Phi) is 9.14. The van der Waals surface area contributed by atoms with E-state index in [2.05, 4.69) is 234 Å². The molecule has 0 N–H and O–H groups in total. The van der Waals surface area contributed by atoms with Gasteiger partial charge in [0.1, 0.15) is 0 Å². The van der Waals surface area contributed by atoms with Gasteiger partial charge in [-0.25, -0.2) is 9.97 Å². The smallest absolute Gasteiger partial charge is 0.161 e. The summed E-state index contributed by atoms with van der Waals surface area (Å²) in [5, 5.41) is 2.29. The number of fused-ring (bicyclic) bond motifs is 5. The molecule has 0 saturated carbocycles. The zero-order chi connectivity index (χ0) is 42.7. The molecule has 11 rings (SSSR count). The van der Waals surface area contributed by atoms with E-state index < -0.39 is 5.41 Å². The quantitative estimate of drug-likeness (QED) is 0.153. The average Bonchev–Trinajstić information content (AvgIpc) is 3.76. The minimum atomic E-state index is -0.582. The molecule has 2 aliphatic carbocycles. The first-order valence-corrected chi connectivity index (χ1v) is 21.9. The summed E-state index contributed by atoms with van der Waals surface area (Å²) >= 11 is 0. The second-order valence-corrected chi connectivity index (χ2v) is 17.2. The van der Waals surface area contributed by atoms with Gasteiger partial charge in [0, 0.05) is 22.1 Å². The van der Waals surface area contributed by atoms with Crippen molar-refractivity contribution in [1.82, 2.24) is 9.97 Å². The molecule has 8 aromatic carbocycles. The van der Waals surface area contributed by atoms with E-state index >= 15 is 0 Å². The van der Waals surface area contributed by atoms with Gasteiger partial charge in [-0.15, -0.1) is 0 Å².